The molecule has 4 nitrogen and oxygen atoms in total. The molecule has 0 spiro atoms. The maximum absolute atomic E-state index is 11.8. The summed E-state index contributed by atoms with van der Waals surface area (Å²) >= 11 is 0. The summed E-state index contributed by atoms with van der Waals surface area (Å²) in [5.41, 5.74) is 3.04. The Kier molecular flexibility index (Phi) is 3.10. The highest BCUT2D eigenvalue weighted by atomic mass is 16.4. The van der Waals surface area contributed by atoms with Crippen LogP contribution in [0.3, 0.4) is 0 Å². The van der Waals surface area contributed by atoms with Crippen LogP contribution in [0.2, 0.25) is 0 Å². The minimum absolute atomic E-state index is 0.158. The zero-order valence-corrected chi connectivity index (χ0v) is 11.7. The van der Waals surface area contributed by atoms with Crippen LogP contribution in [0.5, 0.6) is 0 Å². The minimum Gasteiger partial charge on any atom is -0.480 e. The molecule has 0 fully saturated rings. The summed E-state index contributed by atoms with van der Waals surface area (Å²) in [4.78, 5) is 13.8. The zero-order chi connectivity index (χ0) is 14.3. The molecule has 1 atom stereocenters. The Morgan fingerprint density at radius 3 is 2.70 bits per heavy atom. The number of para-hydroxylation sites is 1. The van der Waals surface area contributed by atoms with Gasteiger partial charge in [-0.1, -0.05) is 18.2 Å². The van der Waals surface area contributed by atoms with E-state index in [1.165, 1.54) is 0 Å². The van der Waals surface area contributed by atoms with Crippen molar-refractivity contribution in [3.8, 4) is 5.69 Å². The van der Waals surface area contributed by atoms with Gasteiger partial charge >= 0.3 is 5.97 Å². The second-order valence-corrected chi connectivity index (χ2v) is 5.44. The monoisotopic (exact) mass is 270 g/mol. The van der Waals surface area contributed by atoms with E-state index in [0.29, 0.717) is 6.54 Å². The predicted molar refractivity (Wildman–Crippen MR) is 76.8 cm³/mol. The first-order chi connectivity index (χ1) is 9.59. The Balaban J connectivity index is 2.24. The zero-order valence-electron chi connectivity index (χ0n) is 11.7. The van der Waals surface area contributed by atoms with Crippen molar-refractivity contribution in [1.29, 1.82) is 0 Å². The number of aromatic nitrogens is 1. The molecule has 0 saturated heterocycles. The van der Waals surface area contributed by atoms with E-state index in [1.807, 2.05) is 59.8 Å². The fourth-order valence-corrected chi connectivity index (χ4v) is 2.92. The van der Waals surface area contributed by atoms with Crippen molar-refractivity contribution in [1.82, 2.24) is 9.47 Å². The number of carboxylic acid groups (broad SMARTS) is 1. The van der Waals surface area contributed by atoms with Crippen LogP contribution in [-0.2, 0) is 11.3 Å². The molecule has 1 aliphatic heterocycles. The van der Waals surface area contributed by atoms with Crippen molar-refractivity contribution < 1.29 is 9.90 Å². The van der Waals surface area contributed by atoms with Gasteiger partial charge in [0.25, 0.3) is 0 Å². The van der Waals surface area contributed by atoms with Crippen LogP contribution in [-0.4, -0.2) is 26.6 Å². The molecule has 0 bridgehead atoms. The Morgan fingerprint density at radius 2 is 2.00 bits per heavy atom. The third-order valence-corrected chi connectivity index (χ3v) is 3.89. The van der Waals surface area contributed by atoms with Crippen LogP contribution in [0.4, 0.5) is 0 Å². The van der Waals surface area contributed by atoms with Gasteiger partial charge < -0.3 is 9.67 Å². The topological polar surface area (TPSA) is 45.5 Å². The molecule has 1 aromatic carbocycles. The van der Waals surface area contributed by atoms with Crippen molar-refractivity contribution in [3.05, 3.63) is 53.9 Å². The van der Waals surface area contributed by atoms with Crippen molar-refractivity contribution in [2.75, 3.05) is 0 Å². The van der Waals surface area contributed by atoms with Gasteiger partial charge in [-0.15, -0.1) is 0 Å². The first-order valence-electron chi connectivity index (χ1n) is 6.83. The third-order valence-electron chi connectivity index (χ3n) is 3.89. The number of benzene rings is 1. The van der Waals surface area contributed by atoms with E-state index in [9.17, 15) is 9.90 Å². The molecule has 4 heteroatoms. The summed E-state index contributed by atoms with van der Waals surface area (Å²) in [6.07, 6.45) is 1.94. The molecule has 1 unspecified atom stereocenters. The number of aliphatic carboxylic acids is 1. The first-order valence-corrected chi connectivity index (χ1v) is 6.83. The highest BCUT2D eigenvalue weighted by Crippen LogP contribution is 2.33. The Morgan fingerprint density at radius 1 is 1.25 bits per heavy atom. The highest BCUT2D eigenvalue weighted by molar-refractivity contribution is 5.76. The van der Waals surface area contributed by atoms with Gasteiger partial charge in [0.2, 0.25) is 0 Å². The van der Waals surface area contributed by atoms with E-state index in [-0.39, 0.29) is 6.04 Å². The van der Waals surface area contributed by atoms with Crippen LogP contribution in [0.1, 0.15) is 31.1 Å². The average molecular weight is 270 g/mol. The van der Waals surface area contributed by atoms with Gasteiger partial charge in [-0.25, -0.2) is 0 Å². The number of rotatable bonds is 2. The molecule has 20 heavy (non-hydrogen) atoms. The molecular formula is C16H18N2O2. The molecule has 0 aliphatic carbocycles. The summed E-state index contributed by atoms with van der Waals surface area (Å²) < 4.78 is 2.00. The van der Waals surface area contributed by atoms with Gasteiger partial charge in [0.05, 0.1) is 5.69 Å². The molecule has 1 aliphatic rings. The highest BCUT2D eigenvalue weighted by Gasteiger charge is 2.34. The van der Waals surface area contributed by atoms with Crippen molar-refractivity contribution in [2.45, 2.75) is 32.5 Å². The van der Waals surface area contributed by atoms with E-state index < -0.39 is 12.0 Å². The number of hydrogen-bond donors (Lipinski definition) is 1. The number of carboxylic acids is 1. The largest absolute Gasteiger partial charge is 0.480 e. The van der Waals surface area contributed by atoms with Gasteiger partial charge in [0.15, 0.2) is 0 Å². The molecule has 0 amide bonds. The van der Waals surface area contributed by atoms with Crippen molar-refractivity contribution in [3.63, 3.8) is 0 Å². The van der Waals surface area contributed by atoms with Crippen molar-refractivity contribution in [2.24, 2.45) is 0 Å². The fraction of sp³-hybridized carbons (Fsp3) is 0.312. The lowest BCUT2D eigenvalue weighted by Crippen LogP contribution is -2.38. The molecule has 0 radical (unpaired) electrons. The third kappa shape index (κ3) is 1.93. The molecule has 2 aromatic rings. The van der Waals surface area contributed by atoms with E-state index in [2.05, 4.69) is 6.07 Å². The Bertz CT molecular complexity index is 645. The summed E-state index contributed by atoms with van der Waals surface area (Å²) in [6.45, 7) is 4.72. The SMILES string of the molecule is CC(C)N1Cc2ccccc2-n2cccc2C1C(=O)O. The van der Waals surface area contributed by atoms with Crippen LogP contribution >= 0.6 is 0 Å². The van der Waals surface area contributed by atoms with Gasteiger partial charge in [-0.3, -0.25) is 9.69 Å². The Hall–Kier alpha value is -2.07. The number of hydrogen-bond acceptors (Lipinski definition) is 2. The van der Waals surface area contributed by atoms with Crippen LogP contribution in [0.15, 0.2) is 42.6 Å². The summed E-state index contributed by atoms with van der Waals surface area (Å²) in [5.74, 6) is -0.800. The minimum atomic E-state index is -0.800. The lowest BCUT2D eigenvalue weighted by atomic mass is 10.1. The summed E-state index contributed by atoms with van der Waals surface area (Å²) in [7, 11) is 0. The van der Waals surface area contributed by atoms with Crippen LogP contribution < -0.4 is 0 Å². The average Bonchev–Trinajstić information content (AvgIpc) is 2.82. The lowest BCUT2D eigenvalue weighted by molar-refractivity contribution is -0.144. The second-order valence-electron chi connectivity index (χ2n) is 5.44. The Labute approximate surface area is 118 Å². The van der Waals surface area contributed by atoms with Gasteiger partial charge in [-0.05, 0) is 37.6 Å². The van der Waals surface area contributed by atoms with E-state index >= 15 is 0 Å². The van der Waals surface area contributed by atoms with Gasteiger partial charge in [0.1, 0.15) is 6.04 Å². The van der Waals surface area contributed by atoms with Crippen LogP contribution in [0, 0.1) is 0 Å². The number of nitrogens with zero attached hydrogens (tertiary/aromatic N) is 2. The molecule has 104 valence electrons. The quantitative estimate of drug-likeness (QED) is 0.912. The van der Waals surface area contributed by atoms with E-state index in [0.717, 1.165) is 16.9 Å². The number of fused-ring (bicyclic) bond motifs is 3. The standard InChI is InChI=1S/C16H18N2O2/c1-11(2)18-10-12-6-3-4-7-13(12)17-9-5-8-14(17)15(18)16(19)20/h3-9,11,15H,10H2,1-2H3,(H,19,20). The second kappa shape index (κ2) is 4.80. The van der Waals surface area contributed by atoms with E-state index in [4.69, 9.17) is 0 Å². The van der Waals surface area contributed by atoms with Gasteiger partial charge in [0, 0.05) is 24.5 Å². The molecule has 1 N–H and O–H groups in total. The maximum Gasteiger partial charge on any atom is 0.327 e. The summed E-state index contributed by atoms with van der Waals surface area (Å²) in [5, 5.41) is 9.67. The molecule has 1 aromatic heterocycles. The first kappa shape index (κ1) is 12.9. The molecule has 3 rings (SSSR count). The van der Waals surface area contributed by atoms with Crippen molar-refractivity contribution >= 4 is 5.97 Å². The molecular weight excluding hydrogens is 252 g/mol. The molecule has 2 heterocycles. The maximum atomic E-state index is 11.8. The molecule has 0 saturated carbocycles. The number of carbonyl (C=O) groups is 1. The van der Waals surface area contributed by atoms with Gasteiger partial charge in [-0.2, -0.15) is 0 Å². The summed E-state index contributed by atoms with van der Waals surface area (Å²) in [6, 6.07) is 11.5. The normalized spacial score (nSPS) is 18.4. The predicted octanol–water partition coefficient (Wildman–Crippen LogP) is 2.83. The van der Waals surface area contributed by atoms with Crippen LogP contribution in [0.25, 0.3) is 5.69 Å². The van der Waals surface area contributed by atoms with E-state index in [1.54, 1.807) is 0 Å². The smallest absolute Gasteiger partial charge is 0.327 e. The fourth-order valence-electron chi connectivity index (χ4n) is 2.92. The lowest BCUT2D eigenvalue weighted by Gasteiger charge is -2.30.